The highest BCUT2D eigenvalue weighted by atomic mass is 32.2. The van der Waals surface area contributed by atoms with Crippen molar-refractivity contribution in [3.05, 3.63) is 155 Å². The van der Waals surface area contributed by atoms with Crippen molar-refractivity contribution < 1.29 is 28.6 Å². The Morgan fingerprint density at radius 3 is 2.24 bits per heavy atom. The number of aromatic nitrogens is 1. The van der Waals surface area contributed by atoms with Crippen molar-refractivity contribution in [3.63, 3.8) is 0 Å². The Hall–Kier alpha value is -6.37. The Balaban J connectivity index is 1.22. The number of hydrogen-bond acceptors (Lipinski definition) is 9. The van der Waals surface area contributed by atoms with Gasteiger partial charge in [-0.3, -0.25) is 14.4 Å². The lowest BCUT2D eigenvalue weighted by molar-refractivity contribution is -0.116. The number of carbonyl (C=O) groups excluding carboxylic acids is 3. The molecule has 0 aliphatic rings. The molecule has 6 rings (SSSR count). The van der Waals surface area contributed by atoms with Crippen molar-refractivity contribution >= 4 is 57.7 Å². The molecule has 1 atom stereocenters. The maximum atomic E-state index is 13.9. The molecule has 55 heavy (non-hydrogen) atoms. The van der Waals surface area contributed by atoms with E-state index in [1.807, 2.05) is 73.0 Å². The summed E-state index contributed by atoms with van der Waals surface area (Å²) in [4.78, 5) is 46.4. The summed E-state index contributed by atoms with van der Waals surface area (Å²) in [5.74, 6) is 0.539. The summed E-state index contributed by atoms with van der Waals surface area (Å²) in [6, 6.07) is 38.1. The zero-order chi connectivity index (χ0) is 38.6. The first-order chi connectivity index (χ1) is 26.8. The molecule has 0 aliphatic carbocycles. The van der Waals surface area contributed by atoms with Gasteiger partial charge < -0.3 is 30.2 Å². The minimum atomic E-state index is -0.645. The van der Waals surface area contributed by atoms with Crippen molar-refractivity contribution in [3.8, 4) is 28.5 Å². The van der Waals surface area contributed by atoms with E-state index in [0.717, 1.165) is 27.5 Å². The van der Waals surface area contributed by atoms with E-state index >= 15 is 0 Å². The number of carbonyl (C=O) groups is 3. The van der Waals surface area contributed by atoms with E-state index in [-0.39, 0.29) is 11.6 Å². The van der Waals surface area contributed by atoms with Crippen LogP contribution in [0.1, 0.15) is 33.7 Å². The van der Waals surface area contributed by atoms with Crippen molar-refractivity contribution in [2.24, 2.45) is 0 Å². The van der Waals surface area contributed by atoms with Gasteiger partial charge in [0.25, 0.3) is 11.8 Å². The Morgan fingerprint density at radius 1 is 0.800 bits per heavy atom. The molecule has 1 aromatic heterocycles. The highest BCUT2D eigenvalue weighted by Gasteiger charge is 2.24. The molecule has 0 saturated heterocycles. The van der Waals surface area contributed by atoms with Gasteiger partial charge in [-0.05, 0) is 85.3 Å². The van der Waals surface area contributed by atoms with Gasteiger partial charge in [0, 0.05) is 38.7 Å². The lowest BCUT2D eigenvalue weighted by Crippen LogP contribution is -2.30. The summed E-state index contributed by atoms with van der Waals surface area (Å²) in [6.45, 7) is 2.52. The standard InChI is InChI=1S/C43H38N4O6S2/c1-4-53-33-21-18-28(19-22-33)37-27-54-43(46-37)47-42(50)39(29-12-7-5-8-13-29)55-35-17-11-16-32(25-35)44-41(49)36(45-40(48)30-14-9-6-10-15-30)24-31-20-23-34(51-2)26-38(31)52-3/h5-27,39H,4H2,1-3H3,(H,44,49)(H,45,48)(H,46,47,50)/b36-24+. The molecule has 0 saturated carbocycles. The number of thioether (sulfide) groups is 1. The Labute approximate surface area is 327 Å². The second kappa shape index (κ2) is 18.6. The fraction of sp³-hybridized carbons (Fsp3) is 0.116. The number of methoxy groups -OCH3 is 2. The van der Waals surface area contributed by atoms with E-state index in [1.165, 1.54) is 30.2 Å². The molecule has 1 heterocycles. The van der Waals surface area contributed by atoms with E-state index < -0.39 is 17.1 Å². The number of nitrogens with zero attached hydrogens (tertiary/aromatic N) is 1. The van der Waals surface area contributed by atoms with Crippen LogP contribution in [0.2, 0.25) is 0 Å². The van der Waals surface area contributed by atoms with Gasteiger partial charge in [-0.25, -0.2) is 4.98 Å². The number of thiazole rings is 1. The van der Waals surface area contributed by atoms with Crippen LogP contribution in [0.3, 0.4) is 0 Å². The summed E-state index contributed by atoms with van der Waals surface area (Å²) in [5, 5.41) is 10.4. The fourth-order valence-electron chi connectivity index (χ4n) is 5.44. The lowest BCUT2D eigenvalue weighted by atomic mass is 10.1. The highest BCUT2D eigenvalue weighted by Crippen LogP contribution is 2.38. The summed E-state index contributed by atoms with van der Waals surface area (Å²) in [7, 11) is 3.06. The van der Waals surface area contributed by atoms with Crippen LogP contribution in [0.5, 0.6) is 17.2 Å². The molecule has 6 aromatic rings. The van der Waals surface area contributed by atoms with Gasteiger partial charge in [0.2, 0.25) is 5.91 Å². The Kier molecular flexibility index (Phi) is 13.0. The quantitative estimate of drug-likeness (QED) is 0.0697. The molecule has 0 radical (unpaired) electrons. The third-order valence-corrected chi connectivity index (χ3v) is 10.2. The first-order valence-electron chi connectivity index (χ1n) is 17.3. The number of benzene rings is 5. The SMILES string of the molecule is CCOc1ccc(-c2csc(NC(=O)C(Sc3cccc(NC(=O)/C(=C\c4ccc(OC)cc4OC)NC(=O)c4ccccc4)c3)c3ccccc3)n2)cc1. The first kappa shape index (κ1) is 38.4. The second-order valence-corrected chi connectivity index (χ2v) is 13.9. The van der Waals surface area contributed by atoms with Crippen LogP contribution in [0.4, 0.5) is 10.8 Å². The predicted octanol–water partition coefficient (Wildman–Crippen LogP) is 9.11. The minimum Gasteiger partial charge on any atom is -0.497 e. The molecule has 1 unspecified atom stereocenters. The van der Waals surface area contributed by atoms with E-state index in [2.05, 4.69) is 20.9 Å². The molecule has 10 nitrogen and oxygen atoms in total. The monoisotopic (exact) mass is 770 g/mol. The summed E-state index contributed by atoms with van der Waals surface area (Å²) in [5.41, 5.74) is 3.84. The lowest BCUT2D eigenvalue weighted by Gasteiger charge is -2.17. The van der Waals surface area contributed by atoms with Gasteiger partial charge in [-0.1, -0.05) is 54.6 Å². The zero-order valence-electron chi connectivity index (χ0n) is 30.3. The number of nitrogens with one attached hydrogen (secondary N) is 3. The molecule has 0 fully saturated rings. The highest BCUT2D eigenvalue weighted by molar-refractivity contribution is 8.00. The van der Waals surface area contributed by atoms with Gasteiger partial charge in [0.05, 0.1) is 26.5 Å². The number of anilines is 2. The summed E-state index contributed by atoms with van der Waals surface area (Å²) < 4.78 is 16.4. The van der Waals surface area contributed by atoms with Crippen LogP contribution in [0, 0.1) is 0 Å². The van der Waals surface area contributed by atoms with Crippen LogP contribution in [0.15, 0.2) is 143 Å². The topological polar surface area (TPSA) is 128 Å². The predicted molar refractivity (Wildman–Crippen MR) is 219 cm³/mol. The fourth-order valence-corrected chi connectivity index (χ4v) is 7.25. The maximum absolute atomic E-state index is 13.9. The second-order valence-electron chi connectivity index (χ2n) is 11.9. The Morgan fingerprint density at radius 2 is 1.53 bits per heavy atom. The zero-order valence-corrected chi connectivity index (χ0v) is 31.9. The maximum Gasteiger partial charge on any atom is 0.272 e. The van der Waals surface area contributed by atoms with E-state index in [4.69, 9.17) is 14.2 Å². The van der Waals surface area contributed by atoms with Crippen LogP contribution >= 0.6 is 23.1 Å². The molecule has 0 aliphatic heterocycles. The molecule has 3 amide bonds. The van der Waals surface area contributed by atoms with E-state index in [9.17, 15) is 14.4 Å². The normalized spacial score (nSPS) is 11.6. The van der Waals surface area contributed by atoms with Crippen molar-refractivity contribution in [1.82, 2.24) is 10.3 Å². The number of rotatable bonds is 15. The largest absolute Gasteiger partial charge is 0.497 e. The van der Waals surface area contributed by atoms with Crippen molar-refractivity contribution in [2.75, 3.05) is 31.5 Å². The van der Waals surface area contributed by atoms with Gasteiger partial charge in [-0.15, -0.1) is 23.1 Å². The number of ether oxygens (including phenoxy) is 3. The number of amides is 3. The molecular weight excluding hydrogens is 733 g/mol. The smallest absolute Gasteiger partial charge is 0.272 e. The van der Waals surface area contributed by atoms with Crippen LogP contribution in [0.25, 0.3) is 17.3 Å². The van der Waals surface area contributed by atoms with Crippen LogP contribution in [-0.2, 0) is 9.59 Å². The van der Waals surface area contributed by atoms with Crippen LogP contribution < -0.4 is 30.2 Å². The van der Waals surface area contributed by atoms with Crippen LogP contribution in [-0.4, -0.2) is 43.5 Å². The average Bonchev–Trinajstić information content (AvgIpc) is 3.69. The number of hydrogen-bond donors (Lipinski definition) is 3. The first-order valence-corrected chi connectivity index (χ1v) is 19.0. The summed E-state index contributed by atoms with van der Waals surface area (Å²) in [6.07, 6.45) is 1.54. The molecule has 0 bridgehead atoms. The van der Waals surface area contributed by atoms with Gasteiger partial charge in [0.15, 0.2) is 5.13 Å². The molecular formula is C43H38N4O6S2. The average molecular weight is 771 g/mol. The third-order valence-electron chi connectivity index (χ3n) is 8.15. The van der Waals surface area contributed by atoms with E-state index in [0.29, 0.717) is 40.1 Å². The Bertz CT molecular complexity index is 2280. The van der Waals surface area contributed by atoms with Gasteiger partial charge >= 0.3 is 0 Å². The van der Waals surface area contributed by atoms with Crippen molar-refractivity contribution in [2.45, 2.75) is 17.1 Å². The molecule has 3 N–H and O–H groups in total. The van der Waals surface area contributed by atoms with Gasteiger partial charge in [0.1, 0.15) is 28.2 Å². The molecule has 12 heteroatoms. The molecule has 0 spiro atoms. The molecule has 5 aromatic carbocycles. The minimum absolute atomic E-state index is 0.00929. The summed E-state index contributed by atoms with van der Waals surface area (Å²) >= 11 is 2.68. The molecule has 278 valence electrons. The third kappa shape index (κ3) is 10.2. The van der Waals surface area contributed by atoms with Crippen molar-refractivity contribution in [1.29, 1.82) is 0 Å². The van der Waals surface area contributed by atoms with Gasteiger partial charge in [-0.2, -0.15) is 0 Å². The van der Waals surface area contributed by atoms with E-state index in [1.54, 1.807) is 79.9 Å².